The van der Waals surface area contributed by atoms with Gasteiger partial charge in [0.15, 0.2) is 0 Å². The fourth-order valence-corrected chi connectivity index (χ4v) is 4.33. The average molecular weight is 280 g/mol. The van der Waals surface area contributed by atoms with Gasteiger partial charge >= 0.3 is 0 Å². The molecule has 19 heavy (non-hydrogen) atoms. The molecular formula is C16H28N2S. The quantitative estimate of drug-likeness (QED) is 0.883. The maximum Gasteiger partial charge on any atom is 0.0561 e. The highest BCUT2D eigenvalue weighted by atomic mass is 32.1. The number of rotatable bonds is 5. The summed E-state index contributed by atoms with van der Waals surface area (Å²) in [5.74, 6) is 1.75. The third-order valence-corrected chi connectivity index (χ3v) is 5.25. The third kappa shape index (κ3) is 4.30. The van der Waals surface area contributed by atoms with Gasteiger partial charge in [-0.25, -0.2) is 0 Å². The summed E-state index contributed by atoms with van der Waals surface area (Å²) < 4.78 is 0. The summed E-state index contributed by atoms with van der Waals surface area (Å²) in [6.07, 6.45) is 4.09. The monoisotopic (exact) mass is 280 g/mol. The number of hydrogen-bond acceptors (Lipinski definition) is 3. The first-order chi connectivity index (χ1) is 9.06. The summed E-state index contributed by atoms with van der Waals surface area (Å²) in [7, 11) is 4.36. The van der Waals surface area contributed by atoms with Gasteiger partial charge in [0.05, 0.1) is 6.04 Å². The van der Waals surface area contributed by atoms with Crippen molar-refractivity contribution in [3.63, 3.8) is 0 Å². The Morgan fingerprint density at radius 2 is 1.95 bits per heavy atom. The van der Waals surface area contributed by atoms with E-state index in [1.807, 2.05) is 11.3 Å². The molecule has 0 spiro atoms. The van der Waals surface area contributed by atoms with E-state index in [-0.39, 0.29) is 0 Å². The fraction of sp³-hybridized carbons (Fsp3) is 0.750. The van der Waals surface area contributed by atoms with Crippen molar-refractivity contribution in [2.24, 2.45) is 11.8 Å². The van der Waals surface area contributed by atoms with Gasteiger partial charge in [-0.2, -0.15) is 0 Å². The molecule has 0 aromatic carbocycles. The molecule has 3 heteroatoms. The fourth-order valence-electron chi connectivity index (χ4n) is 3.41. The number of likely N-dealkylation sites (N-methyl/N-ethyl adjacent to an activating group) is 1. The Labute approximate surface area is 122 Å². The van der Waals surface area contributed by atoms with Gasteiger partial charge in [-0.15, -0.1) is 11.3 Å². The Hall–Kier alpha value is -0.380. The van der Waals surface area contributed by atoms with Gasteiger partial charge < -0.3 is 10.2 Å². The van der Waals surface area contributed by atoms with Crippen molar-refractivity contribution in [3.05, 3.63) is 22.4 Å². The van der Waals surface area contributed by atoms with Crippen LogP contribution in [0.25, 0.3) is 0 Å². The van der Waals surface area contributed by atoms with Gasteiger partial charge in [-0.1, -0.05) is 19.9 Å². The minimum absolute atomic E-state index is 0.507. The Morgan fingerprint density at radius 1 is 1.26 bits per heavy atom. The lowest BCUT2D eigenvalue weighted by Gasteiger charge is -2.34. The second-order valence-electron chi connectivity index (χ2n) is 6.52. The van der Waals surface area contributed by atoms with Crippen LogP contribution in [0.2, 0.25) is 0 Å². The van der Waals surface area contributed by atoms with Gasteiger partial charge in [0.1, 0.15) is 0 Å². The Morgan fingerprint density at radius 3 is 2.47 bits per heavy atom. The Kier molecular flexibility index (Phi) is 5.43. The summed E-state index contributed by atoms with van der Waals surface area (Å²) in [6.45, 7) is 5.86. The predicted octanol–water partition coefficient (Wildman–Crippen LogP) is 3.77. The zero-order valence-corrected chi connectivity index (χ0v) is 13.5. The molecule has 1 heterocycles. The molecule has 3 atom stereocenters. The first-order valence-electron chi connectivity index (χ1n) is 7.49. The smallest absolute Gasteiger partial charge is 0.0561 e. The molecule has 0 saturated heterocycles. The van der Waals surface area contributed by atoms with Crippen LogP contribution >= 0.6 is 11.3 Å². The summed E-state index contributed by atoms with van der Waals surface area (Å²) in [4.78, 5) is 3.79. The highest BCUT2D eigenvalue weighted by Gasteiger charge is 2.25. The van der Waals surface area contributed by atoms with Crippen molar-refractivity contribution in [2.45, 2.75) is 45.2 Å². The number of hydrogen-bond donors (Lipinski definition) is 1. The van der Waals surface area contributed by atoms with Crippen LogP contribution < -0.4 is 5.32 Å². The topological polar surface area (TPSA) is 15.3 Å². The van der Waals surface area contributed by atoms with Crippen LogP contribution in [-0.4, -0.2) is 31.6 Å². The highest BCUT2D eigenvalue weighted by Crippen LogP contribution is 2.29. The standard InChI is InChI=1S/C16H28N2S/c1-12-8-13(2)10-14(9-12)17-11-15(18(3)4)16-6-5-7-19-16/h5-7,12-15,17H,8-11H2,1-4H3. The normalized spacial score (nSPS) is 29.6. The molecule has 1 saturated carbocycles. The SMILES string of the molecule is CC1CC(C)CC(NCC(c2cccs2)N(C)C)C1. The van der Waals surface area contributed by atoms with Crippen LogP contribution in [0.3, 0.4) is 0 Å². The molecule has 1 aromatic heterocycles. The molecule has 0 amide bonds. The van der Waals surface area contributed by atoms with Crippen LogP contribution in [0.1, 0.15) is 44.0 Å². The number of nitrogens with one attached hydrogen (secondary N) is 1. The molecule has 0 aliphatic heterocycles. The molecule has 1 aliphatic rings. The van der Waals surface area contributed by atoms with Crippen LogP contribution in [-0.2, 0) is 0 Å². The van der Waals surface area contributed by atoms with E-state index in [1.54, 1.807) is 0 Å². The van der Waals surface area contributed by atoms with Crippen LogP contribution in [0.15, 0.2) is 17.5 Å². The van der Waals surface area contributed by atoms with Gasteiger partial charge in [-0.3, -0.25) is 0 Å². The maximum absolute atomic E-state index is 3.82. The first kappa shape index (κ1) is 15.0. The van der Waals surface area contributed by atoms with E-state index in [1.165, 1.54) is 24.1 Å². The van der Waals surface area contributed by atoms with Crippen molar-refractivity contribution < 1.29 is 0 Å². The second kappa shape index (κ2) is 6.87. The molecule has 2 nitrogen and oxygen atoms in total. The zero-order valence-electron chi connectivity index (χ0n) is 12.7. The molecule has 1 aliphatic carbocycles. The molecule has 1 fully saturated rings. The maximum atomic E-state index is 3.82. The molecule has 3 unspecified atom stereocenters. The average Bonchev–Trinajstić information content (AvgIpc) is 2.81. The van der Waals surface area contributed by atoms with E-state index in [0.717, 1.165) is 18.4 Å². The van der Waals surface area contributed by atoms with E-state index >= 15 is 0 Å². The summed E-state index contributed by atoms with van der Waals surface area (Å²) >= 11 is 1.87. The highest BCUT2D eigenvalue weighted by molar-refractivity contribution is 7.10. The van der Waals surface area contributed by atoms with Crippen molar-refractivity contribution in [2.75, 3.05) is 20.6 Å². The van der Waals surface area contributed by atoms with E-state index in [9.17, 15) is 0 Å². The summed E-state index contributed by atoms with van der Waals surface area (Å²) in [5, 5.41) is 5.99. The second-order valence-corrected chi connectivity index (χ2v) is 7.50. The van der Waals surface area contributed by atoms with E-state index in [4.69, 9.17) is 0 Å². The van der Waals surface area contributed by atoms with E-state index in [0.29, 0.717) is 12.1 Å². The third-order valence-electron chi connectivity index (χ3n) is 4.27. The van der Waals surface area contributed by atoms with Crippen LogP contribution in [0.5, 0.6) is 0 Å². The minimum atomic E-state index is 0.507. The van der Waals surface area contributed by atoms with Gasteiger partial charge in [0, 0.05) is 17.5 Å². The van der Waals surface area contributed by atoms with Gasteiger partial charge in [-0.05, 0) is 56.6 Å². The molecule has 2 rings (SSSR count). The summed E-state index contributed by atoms with van der Waals surface area (Å²) in [6, 6.07) is 5.62. The predicted molar refractivity (Wildman–Crippen MR) is 84.7 cm³/mol. The van der Waals surface area contributed by atoms with E-state index < -0.39 is 0 Å². The first-order valence-corrected chi connectivity index (χ1v) is 8.37. The van der Waals surface area contributed by atoms with Crippen molar-refractivity contribution in [1.29, 1.82) is 0 Å². The van der Waals surface area contributed by atoms with E-state index in [2.05, 4.69) is 55.7 Å². The number of nitrogens with zero attached hydrogens (tertiary/aromatic N) is 1. The molecule has 1 aromatic rings. The van der Waals surface area contributed by atoms with Gasteiger partial charge in [0.2, 0.25) is 0 Å². The summed E-state index contributed by atoms with van der Waals surface area (Å²) in [5.41, 5.74) is 0. The molecule has 1 N–H and O–H groups in total. The van der Waals surface area contributed by atoms with Gasteiger partial charge in [0.25, 0.3) is 0 Å². The van der Waals surface area contributed by atoms with Crippen molar-refractivity contribution >= 4 is 11.3 Å². The molecule has 108 valence electrons. The zero-order chi connectivity index (χ0) is 13.8. The lowest BCUT2D eigenvalue weighted by molar-refractivity contribution is 0.217. The number of thiophene rings is 1. The van der Waals surface area contributed by atoms with Crippen molar-refractivity contribution in [1.82, 2.24) is 10.2 Å². The molecule has 0 radical (unpaired) electrons. The Balaban J connectivity index is 1.89. The molecule has 0 bridgehead atoms. The minimum Gasteiger partial charge on any atom is -0.312 e. The van der Waals surface area contributed by atoms with Crippen molar-refractivity contribution in [3.8, 4) is 0 Å². The Bertz CT molecular complexity index is 351. The lowest BCUT2D eigenvalue weighted by atomic mass is 9.80. The lowest BCUT2D eigenvalue weighted by Crippen LogP contribution is -2.40. The largest absolute Gasteiger partial charge is 0.312 e. The van der Waals surface area contributed by atoms with Crippen LogP contribution in [0, 0.1) is 11.8 Å². The van der Waals surface area contributed by atoms with Crippen LogP contribution in [0.4, 0.5) is 0 Å². The molecular weight excluding hydrogens is 252 g/mol.